The van der Waals surface area contributed by atoms with E-state index in [0.29, 0.717) is 5.92 Å². The van der Waals surface area contributed by atoms with E-state index >= 15 is 0 Å². The van der Waals surface area contributed by atoms with Gasteiger partial charge in [0.2, 0.25) is 0 Å². The third-order valence-electron chi connectivity index (χ3n) is 3.54. The van der Waals surface area contributed by atoms with Gasteiger partial charge in [0.15, 0.2) is 0 Å². The van der Waals surface area contributed by atoms with Crippen LogP contribution in [0.4, 0.5) is 0 Å². The average molecular weight is 288 g/mol. The largest absolute Gasteiger partial charge is 0.175 e. The molecule has 0 saturated heterocycles. The van der Waals surface area contributed by atoms with Crippen LogP contribution >= 0.6 is 25.3 Å². The van der Waals surface area contributed by atoms with Crippen molar-refractivity contribution in [2.24, 2.45) is 0 Å². The zero-order valence-electron chi connectivity index (χ0n) is 11.2. The van der Waals surface area contributed by atoms with Gasteiger partial charge in [0.25, 0.3) is 0 Å². The van der Waals surface area contributed by atoms with Gasteiger partial charge in [-0.1, -0.05) is 55.5 Å². The van der Waals surface area contributed by atoms with Crippen LogP contribution in [0.2, 0.25) is 0 Å². The third-order valence-corrected chi connectivity index (χ3v) is 4.27. The molecule has 0 aliphatic rings. The molecule has 0 spiro atoms. The van der Waals surface area contributed by atoms with Crippen LogP contribution in [0.3, 0.4) is 0 Å². The fourth-order valence-electron chi connectivity index (χ4n) is 2.37. The summed E-state index contributed by atoms with van der Waals surface area (Å²) in [5, 5.41) is 0. The van der Waals surface area contributed by atoms with Crippen molar-refractivity contribution in [1.29, 1.82) is 0 Å². The van der Waals surface area contributed by atoms with E-state index in [2.05, 4.69) is 80.7 Å². The van der Waals surface area contributed by atoms with E-state index in [1.54, 1.807) is 0 Å². The standard InChI is InChI=1S/C17H20S2/c1-2-17(15-7-3-13(11-18)4-8-15)16-9-5-14(12-19)6-10-16/h3-10,17-19H,2,11-12H2,1H3. The van der Waals surface area contributed by atoms with E-state index < -0.39 is 0 Å². The molecule has 2 rings (SSSR count). The summed E-state index contributed by atoms with van der Waals surface area (Å²) in [6.45, 7) is 2.24. The van der Waals surface area contributed by atoms with Gasteiger partial charge in [0.1, 0.15) is 0 Å². The van der Waals surface area contributed by atoms with Gasteiger partial charge in [-0.05, 0) is 28.7 Å². The van der Waals surface area contributed by atoms with E-state index in [9.17, 15) is 0 Å². The van der Waals surface area contributed by atoms with Crippen LogP contribution in [-0.4, -0.2) is 0 Å². The highest BCUT2D eigenvalue weighted by Crippen LogP contribution is 2.28. The Kier molecular flexibility index (Phi) is 5.41. The molecule has 0 heterocycles. The first-order valence-corrected chi connectivity index (χ1v) is 7.94. The third kappa shape index (κ3) is 3.58. The lowest BCUT2D eigenvalue weighted by Crippen LogP contribution is -2.00. The highest BCUT2D eigenvalue weighted by atomic mass is 32.1. The number of hydrogen-bond donors (Lipinski definition) is 2. The topological polar surface area (TPSA) is 0 Å². The maximum Gasteiger partial charge on any atom is 0.0154 e. The van der Waals surface area contributed by atoms with Crippen molar-refractivity contribution >= 4 is 25.3 Å². The molecule has 0 N–H and O–H groups in total. The SMILES string of the molecule is CCC(c1ccc(CS)cc1)c1ccc(CS)cc1. The summed E-state index contributed by atoms with van der Waals surface area (Å²) in [5.41, 5.74) is 5.30. The molecule has 0 aliphatic heterocycles. The maximum absolute atomic E-state index is 4.30. The van der Waals surface area contributed by atoms with Crippen molar-refractivity contribution < 1.29 is 0 Å². The molecule has 2 aromatic carbocycles. The molecular weight excluding hydrogens is 268 g/mol. The molecule has 0 saturated carbocycles. The molecule has 0 atom stereocenters. The van der Waals surface area contributed by atoms with E-state index in [4.69, 9.17) is 0 Å². The lowest BCUT2D eigenvalue weighted by atomic mass is 9.88. The lowest BCUT2D eigenvalue weighted by Gasteiger charge is -2.16. The highest BCUT2D eigenvalue weighted by Gasteiger charge is 2.11. The van der Waals surface area contributed by atoms with Crippen molar-refractivity contribution in [3.05, 3.63) is 70.8 Å². The van der Waals surface area contributed by atoms with E-state index in [1.807, 2.05) is 0 Å². The molecular formula is C17H20S2. The van der Waals surface area contributed by atoms with E-state index in [1.165, 1.54) is 22.3 Å². The van der Waals surface area contributed by atoms with Crippen LogP contribution in [-0.2, 0) is 11.5 Å². The molecule has 0 aromatic heterocycles. The molecule has 0 unspecified atom stereocenters. The zero-order valence-corrected chi connectivity index (χ0v) is 13.0. The summed E-state index contributed by atoms with van der Waals surface area (Å²) in [7, 11) is 0. The summed E-state index contributed by atoms with van der Waals surface area (Å²) in [6, 6.07) is 17.6. The second kappa shape index (κ2) is 7.06. The van der Waals surface area contributed by atoms with Gasteiger partial charge in [-0.25, -0.2) is 0 Å². The van der Waals surface area contributed by atoms with Gasteiger partial charge >= 0.3 is 0 Å². The summed E-state index contributed by atoms with van der Waals surface area (Å²) in [4.78, 5) is 0. The fourth-order valence-corrected chi connectivity index (χ4v) is 2.80. The van der Waals surface area contributed by atoms with E-state index in [0.717, 1.165) is 17.9 Å². The normalized spacial score (nSPS) is 10.9. The smallest absolute Gasteiger partial charge is 0.0154 e. The molecule has 0 fully saturated rings. The lowest BCUT2D eigenvalue weighted by molar-refractivity contribution is 0.776. The summed E-state index contributed by atoms with van der Waals surface area (Å²) in [5.74, 6) is 2.07. The van der Waals surface area contributed by atoms with Crippen LogP contribution in [0, 0.1) is 0 Å². The van der Waals surface area contributed by atoms with Crippen LogP contribution in [0.25, 0.3) is 0 Å². The minimum Gasteiger partial charge on any atom is -0.175 e. The van der Waals surface area contributed by atoms with Crippen molar-refractivity contribution in [2.45, 2.75) is 30.8 Å². The van der Waals surface area contributed by atoms with E-state index in [-0.39, 0.29) is 0 Å². The maximum atomic E-state index is 4.30. The second-order valence-electron chi connectivity index (χ2n) is 4.76. The van der Waals surface area contributed by atoms with Gasteiger partial charge in [-0.3, -0.25) is 0 Å². The Morgan fingerprint density at radius 1 is 0.737 bits per heavy atom. The average Bonchev–Trinajstić information content (AvgIpc) is 2.49. The van der Waals surface area contributed by atoms with Gasteiger partial charge < -0.3 is 0 Å². The number of hydrogen-bond acceptors (Lipinski definition) is 2. The summed E-state index contributed by atoms with van der Waals surface area (Å²) >= 11 is 8.61. The molecule has 0 radical (unpaired) electrons. The Balaban J connectivity index is 2.26. The van der Waals surface area contributed by atoms with Crippen LogP contribution in [0.5, 0.6) is 0 Å². The van der Waals surface area contributed by atoms with Gasteiger partial charge in [-0.2, -0.15) is 25.3 Å². The predicted octanol–water partition coefficient (Wildman–Crippen LogP) is 5.09. The number of thiol groups is 2. The summed E-state index contributed by atoms with van der Waals surface area (Å²) in [6.07, 6.45) is 1.11. The highest BCUT2D eigenvalue weighted by molar-refractivity contribution is 7.79. The van der Waals surface area contributed by atoms with Crippen molar-refractivity contribution in [3.8, 4) is 0 Å². The van der Waals surface area contributed by atoms with Crippen molar-refractivity contribution in [3.63, 3.8) is 0 Å². The number of rotatable bonds is 5. The number of benzene rings is 2. The van der Waals surface area contributed by atoms with Crippen LogP contribution in [0.15, 0.2) is 48.5 Å². The van der Waals surface area contributed by atoms with Crippen molar-refractivity contribution in [1.82, 2.24) is 0 Å². The Morgan fingerprint density at radius 2 is 1.11 bits per heavy atom. The van der Waals surface area contributed by atoms with Gasteiger partial charge in [0, 0.05) is 17.4 Å². The molecule has 100 valence electrons. The predicted molar refractivity (Wildman–Crippen MR) is 90.4 cm³/mol. The fraction of sp³-hybridized carbons (Fsp3) is 0.294. The quantitative estimate of drug-likeness (QED) is 0.704. The minimum atomic E-state index is 0.475. The molecule has 0 bridgehead atoms. The van der Waals surface area contributed by atoms with Gasteiger partial charge in [0.05, 0.1) is 0 Å². The first-order valence-electron chi connectivity index (χ1n) is 6.68. The Morgan fingerprint density at radius 3 is 1.37 bits per heavy atom. The molecule has 0 aliphatic carbocycles. The van der Waals surface area contributed by atoms with Crippen LogP contribution in [0.1, 0.15) is 41.5 Å². The molecule has 0 amide bonds. The summed E-state index contributed by atoms with van der Waals surface area (Å²) < 4.78 is 0. The molecule has 2 heteroatoms. The Hall–Kier alpha value is -0.860. The zero-order chi connectivity index (χ0) is 13.7. The minimum absolute atomic E-state index is 0.475. The first-order chi connectivity index (χ1) is 9.28. The monoisotopic (exact) mass is 288 g/mol. The second-order valence-corrected chi connectivity index (χ2v) is 5.39. The van der Waals surface area contributed by atoms with Crippen molar-refractivity contribution in [2.75, 3.05) is 0 Å². The van der Waals surface area contributed by atoms with Gasteiger partial charge in [-0.15, -0.1) is 0 Å². The molecule has 0 nitrogen and oxygen atoms in total. The molecule has 2 aromatic rings. The van der Waals surface area contributed by atoms with Crippen LogP contribution < -0.4 is 0 Å². The molecule has 19 heavy (non-hydrogen) atoms. The first kappa shape index (κ1) is 14.5. The Labute approximate surface area is 127 Å². The Bertz CT molecular complexity index is 452.